The number of hydrogen-bond acceptors (Lipinski definition) is 1. The summed E-state index contributed by atoms with van der Waals surface area (Å²) < 4.78 is 0. The average Bonchev–Trinajstić information content (AvgIpc) is 2.21. The molecule has 0 aromatic heterocycles. The van der Waals surface area contributed by atoms with Crippen molar-refractivity contribution in [1.82, 2.24) is 10.2 Å². The van der Waals surface area contributed by atoms with Crippen molar-refractivity contribution in [3.05, 3.63) is 0 Å². The van der Waals surface area contributed by atoms with E-state index in [9.17, 15) is 4.79 Å². The average molecular weight is 140 g/mol. The molecule has 1 N–H and O–H groups in total. The summed E-state index contributed by atoms with van der Waals surface area (Å²) in [7, 11) is 0. The minimum absolute atomic E-state index is 0.134. The minimum atomic E-state index is 0.134. The van der Waals surface area contributed by atoms with E-state index in [2.05, 4.69) is 12.2 Å². The fraction of sp³-hybridized carbons (Fsp3) is 0.857. The number of carbonyl (C=O) groups excluding carboxylic acids is 1. The molecule has 3 heteroatoms. The Kier molecular flexibility index (Phi) is 1.13. The van der Waals surface area contributed by atoms with Gasteiger partial charge in [0.1, 0.15) is 0 Å². The van der Waals surface area contributed by atoms with Crippen LogP contribution in [0.1, 0.15) is 19.8 Å². The maximum atomic E-state index is 11.1. The lowest BCUT2D eigenvalue weighted by Gasteiger charge is -2.27. The number of nitrogens with zero attached hydrogens (tertiary/aromatic N) is 1. The van der Waals surface area contributed by atoms with Crippen molar-refractivity contribution in [2.75, 3.05) is 6.54 Å². The third-order valence-corrected chi connectivity index (χ3v) is 2.47. The van der Waals surface area contributed by atoms with E-state index in [1.807, 2.05) is 4.90 Å². The number of amides is 2. The third kappa shape index (κ3) is 0.696. The van der Waals surface area contributed by atoms with Crippen molar-refractivity contribution in [3.8, 4) is 0 Å². The second-order valence-corrected chi connectivity index (χ2v) is 3.23. The molecule has 0 radical (unpaired) electrons. The van der Waals surface area contributed by atoms with Gasteiger partial charge in [-0.3, -0.25) is 0 Å². The number of rotatable bonds is 0. The zero-order valence-corrected chi connectivity index (χ0v) is 6.13. The van der Waals surface area contributed by atoms with Gasteiger partial charge in [-0.1, -0.05) is 0 Å². The number of piperidine rings is 1. The van der Waals surface area contributed by atoms with E-state index in [1.165, 1.54) is 0 Å². The zero-order chi connectivity index (χ0) is 7.14. The molecule has 3 nitrogen and oxygen atoms in total. The van der Waals surface area contributed by atoms with Crippen LogP contribution in [0.3, 0.4) is 0 Å². The summed E-state index contributed by atoms with van der Waals surface area (Å²) in [5.74, 6) is 0. The molecule has 2 atom stereocenters. The van der Waals surface area contributed by atoms with Crippen LogP contribution < -0.4 is 5.32 Å². The van der Waals surface area contributed by atoms with Crippen LogP contribution in [0.5, 0.6) is 0 Å². The van der Waals surface area contributed by atoms with Gasteiger partial charge in [-0.25, -0.2) is 4.79 Å². The second kappa shape index (κ2) is 1.87. The molecule has 2 amide bonds. The first-order valence-corrected chi connectivity index (χ1v) is 3.84. The Morgan fingerprint density at radius 3 is 3.10 bits per heavy atom. The standard InChI is InChI=1S/C7H12N2O/c1-5-2-3-6-4-9(5)7(10)8-6/h5-6H,2-4H2,1H3,(H,8,10)/t5-,6?/m1/s1. The Bertz CT molecular complexity index is 169. The summed E-state index contributed by atoms with van der Waals surface area (Å²) in [6, 6.07) is 1.04. The van der Waals surface area contributed by atoms with Gasteiger partial charge in [-0.15, -0.1) is 0 Å². The molecule has 0 aromatic carbocycles. The quantitative estimate of drug-likeness (QED) is 0.524. The SMILES string of the molecule is C[C@@H]1CCC2CN1C(=O)N2. The molecular formula is C7H12N2O. The molecule has 56 valence electrons. The van der Waals surface area contributed by atoms with Gasteiger partial charge in [0.25, 0.3) is 0 Å². The van der Waals surface area contributed by atoms with Gasteiger partial charge < -0.3 is 10.2 Å². The van der Waals surface area contributed by atoms with E-state index in [0.717, 1.165) is 19.4 Å². The van der Waals surface area contributed by atoms with Crippen LogP contribution in [0.25, 0.3) is 0 Å². The Morgan fingerprint density at radius 2 is 2.40 bits per heavy atom. The van der Waals surface area contributed by atoms with E-state index in [-0.39, 0.29) is 6.03 Å². The highest BCUT2D eigenvalue weighted by Crippen LogP contribution is 2.21. The van der Waals surface area contributed by atoms with Crippen molar-refractivity contribution in [2.45, 2.75) is 31.8 Å². The lowest BCUT2D eigenvalue weighted by molar-refractivity contribution is 0.191. The first-order chi connectivity index (χ1) is 4.77. The van der Waals surface area contributed by atoms with Gasteiger partial charge >= 0.3 is 6.03 Å². The summed E-state index contributed by atoms with van der Waals surface area (Å²) in [5.41, 5.74) is 0. The third-order valence-electron chi connectivity index (χ3n) is 2.47. The molecule has 0 saturated carbocycles. The van der Waals surface area contributed by atoms with E-state index < -0.39 is 0 Å². The first-order valence-electron chi connectivity index (χ1n) is 3.84. The highest BCUT2D eigenvalue weighted by molar-refractivity contribution is 5.77. The van der Waals surface area contributed by atoms with Crippen LogP contribution in [0.2, 0.25) is 0 Å². The van der Waals surface area contributed by atoms with Crippen molar-refractivity contribution in [2.24, 2.45) is 0 Å². The molecule has 2 bridgehead atoms. The highest BCUT2D eigenvalue weighted by atomic mass is 16.2. The Hall–Kier alpha value is -0.730. The number of hydrogen-bond donors (Lipinski definition) is 1. The maximum Gasteiger partial charge on any atom is 0.317 e. The molecule has 0 aliphatic carbocycles. The molecule has 2 aliphatic rings. The number of fused-ring (bicyclic) bond motifs is 2. The van der Waals surface area contributed by atoms with Crippen LogP contribution in [-0.4, -0.2) is 29.6 Å². The number of carbonyl (C=O) groups is 1. The topological polar surface area (TPSA) is 32.3 Å². The van der Waals surface area contributed by atoms with E-state index in [0.29, 0.717) is 12.1 Å². The Labute approximate surface area is 60.4 Å². The molecule has 2 heterocycles. The fourth-order valence-corrected chi connectivity index (χ4v) is 1.77. The van der Waals surface area contributed by atoms with Crippen LogP contribution in [0.4, 0.5) is 4.79 Å². The smallest absolute Gasteiger partial charge is 0.317 e. The van der Waals surface area contributed by atoms with Gasteiger partial charge in [-0.2, -0.15) is 0 Å². The first kappa shape index (κ1) is 6.01. The van der Waals surface area contributed by atoms with Gasteiger partial charge in [0, 0.05) is 18.6 Å². The summed E-state index contributed by atoms with van der Waals surface area (Å²) in [5, 5.41) is 2.93. The van der Waals surface area contributed by atoms with Gasteiger partial charge in [-0.05, 0) is 19.8 Å². The number of nitrogens with one attached hydrogen (secondary N) is 1. The van der Waals surface area contributed by atoms with E-state index >= 15 is 0 Å². The van der Waals surface area contributed by atoms with E-state index in [4.69, 9.17) is 0 Å². The monoisotopic (exact) mass is 140 g/mol. The van der Waals surface area contributed by atoms with Crippen molar-refractivity contribution in [3.63, 3.8) is 0 Å². The van der Waals surface area contributed by atoms with Gasteiger partial charge in [0.15, 0.2) is 0 Å². The van der Waals surface area contributed by atoms with Crippen molar-refractivity contribution in [1.29, 1.82) is 0 Å². The van der Waals surface area contributed by atoms with Crippen LogP contribution >= 0.6 is 0 Å². The molecule has 2 rings (SSSR count). The number of urea groups is 1. The van der Waals surface area contributed by atoms with Crippen molar-refractivity contribution >= 4 is 6.03 Å². The summed E-state index contributed by atoms with van der Waals surface area (Å²) in [6.45, 7) is 3.04. The predicted molar refractivity (Wildman–Crippen MR) is 37.7 cm³/mol. The van der Waals surface area contributed by atoms with Crippen LogP contribution in [0.15, 0.2) is 0 Å². The highest BCUT2D eigenvalue weighted by Gasteiger charge is 2.35. The van der Waals surface area contributed by atoms with Crippen LogP contribution in [0, 0.1) is 0 Å². The largest absolute Gasteiger partial charge is 0.333 e. The van der Waals surface area contributed by atoms with Gasteiger partial charge in [0.05, 0.1) is 0 Å². The second-order valence-electron chi connectivity index (χ2n) is 3.23. The minimum Gasteiger partial charge on any atom is -0.333 e. The summed E-state index contributed by atoms with van der Waals surface area (Å²) in [6.07, 6.45) is 2.31. The molecule has 2 saturated heterocycles. The maximum absolute atomic E-state index is 11.1. The molecule has 2 aliphatic heterocycles. The van der Waals surface area contributed by atoms with E-state index in [1.54, 1.807) is 0 Å². The Morgan fingerprint density at radius 1 is 1.60 bits per heavy atom. The van der Waals surface area contributed by atoms with Crippen LogP contribution in [-0.2, 0) is 0 Å². The zero-order valence-electron chi connectivity index (χ0n) is 6.13. The molecule has 0 spiro atoms. The summed E-state index contributed by atoms with van der Waals surface area (Å²) >= 11 is 0. The molecular weight excluding hydrogens is 128 g/mol. The lowest BCUT2D eigenvalue weighted by Crippen LogP contribution is -2.37. The van der Waals surface area contributed by atoms with Gasteiger partial charge in [0.2, 0.25) is 0 Å². The molecule has 1 unspecified atom stereocenters. The summed E-state index contributed by atoms with van der Waals surface area (Å²) in [4.78, 5) is 13.0. The predicted octanol–water partition coefficient (Wildman–Crippen LogP) is 0.562. The fourth-order valence-electron chi connectivity index (χ4n) is 1.77. The normalized spacial score (nSPS) is 38.1. The lowest BCUT2D eigenvalue weighted by atomic mass is 10.0. The Balaban J connectivity index is 2.17. The molecule has 2 fully saturated rings. The molecule has 0 aromatic rings. The van der Waals surface area contributed by atoms with Crippen molar-refractivity contribution < 1.29 is 4.79 Å². The molecule has 10 heavy (non-hydrogen) atoms.